The van der Waals surface area contributed by atoms with Crippen LogP contribution in [0.15, 0.2) is 0 Å². The van der Waals surface area contributed by atoms with E-state index >= 15 is 0 Å². The van der Waals surface area contributed by atoms with Gasteiger partial charge in [-0.25, -0.2) is 0 Å². The molecule has 0 bridgehead atoms. The van der Waals surface area contributed by atoms with Gasteiger partial charge in [0.05, 0.1) is 0 Å². The highest BCUT2D eigenvalue weighted by atomic mass is 16.1. The number of hydrogen-bond donors (Lipinski definition) is 2. The lowest BCUT2D eigenvalue weighted by Crippen LogP contribution is -2.43. The lowest BCUT2D eigenvalue weighted by atomic mass is 9.90. The van der Waals surface area contributed by atoms with Gasteiger partial charge in [-0.3, -0.25) is 9.69 Å². The predicted molar refractivity (Wildman–Crippen MR) is 77.9 cm³/mol. The summed E-state index contributed by atoms with van der Waals surface area (Å²) >= 11 is 0. The third kappa shape index (κ3) is 5.11. The van der Waals surface area contributed by atoms with Gasteiger partial charge in [0.2, 0.25) is 5.91 Å². The molecular formula is C15H29N3O. The summed E-state index contributed by atoms with van der Waals surface area (Å²) in [5.74, 6) is 0.233. The molecule has 0 aromatic heterocycles. The number of carbonyl (C=O) groups excluding carboxylic acids is 1. The van der Waals surface area contributed by atoms with Crippen molar-refractivity contribution in [3.8, 4) is 0 Å². The summed E-state index contributed by atoms with van der Waals surface area (Å²) in [6.45, 7) is 4.23. The molecule has 0 aromatic carbocycles. The molecule has 4 nitrogen and oxygen atoms in total. The van der Waals surface area contributed by atoms with Crippen molar-refractivity contribution in [2.24, 2.45) is 5.73 Å². The van der Waals surface area contributed by atoms with Crippen LogP contribution >= 0.6 is 0 Å². The molecular weight excluding hydrogens is 238 g/mol. The lowest BCUT2D eigenvalue weighted by molar-refractivity contribution is -0.121. The van der Waals surface area contributed by atoms with Gasteiger partial charge in [-0.05, 0) is 51.5 Å². The maximum absolute atomic E-state index is 11.8. The fourth-order valence-corrected chi connectivity index (χ4v) is 3.00. The molecule has 0 spiro atoms. The van der Waals surface area contributed by atoms with Gasteiger partial charge in [0, 0.05) is 31.1 Å². The summed E-state index contributed by atoms with van der Waals surface area (Å²) in [5, 5.41) is 3.08. The Hall–Kier alpha value is -0.610. The minimum Gasteiger partial charge on any atom is -0.353 e. The van der Waals surface area contributed by atoms with E-state index in [-0.39, 0.29) is 5.91 Å². The lowest BCUT2D eigenvalue weighted by Gasteiger charge is -2.35. The first kappa shape index (κ1) is 14.8. The molecule has 0 aromatic rings. The fourth-order valence-electron chi connectivity index (χ4n) is 3.00. The van der Waals surface area contributed by atoms with Gasteiger partial charge < -0.3 is 11.1 Å². The van der Waals surface area contributed by atoms with E-state index in [1.54, 1.807) is 0 Å². The molecule has 19 heavy (non-hydrogen) atoms. The van der Waals surface area contributed by atoms with Gasteiger partial charge in [0.15, 0.2) is 0 Å². The summed E-state index contributed by atoms with van der Waals surface area (Å²) in [6, 6.07) is 1.53. The highest BCUT2D eigenvalue weighted by Gasteiger charge is 2.26. The quantitative estimate of drug-likeness (QED) is 0.737. The molecule has 0 radical (unpaired) electrons. The fraction of sp³-hybridized carbons (Fsp3) is 0.933. The summed E-state index contributed by atoms with van der Waals surface area (Å²) in [5.41, 5.74) is 5.97. The molecule has 110 valence electrons. The molecule has 0 aliphatic heterocycles. The van der Waals surface area contributed by atoms with E-state index in [1.165, 1.54) is 25.7 Å². The van der Waals surface area contributed by atoms with Crippen molar-refractivity contribution < 1.29 is 4.79 Å². The minimum atomic E-state index is 0.233. The topological polar surface area (TPSA) is 58.4 Å². The van der Waals surface area contributed by atoms with Crippen molar-refractivity contribution in [2.45, 2.75) is 76.4 Å². The number of hydrogen-bond acceptors (Lipinski definition) is 3. The highest BCUT2D eigenvalue weighted by Crippen LogP contribution is 2.23. The van der Waals surface area contributed by atoms with Crippen LogP contribution in [0.1, 0.15) is 58.3 Å². The average Bonchev–Trinajstić information content (AvgIpc) is 3.19. The zero-order valence-electron chi connectivity index (χ0n) is 12.2. The number of rotatable bonds is 7. The Morgan fingerprint density at radius 1 is 1.16 bits per heavy atom. The molecule has 4 heteroatoms. The van der Waals surface area contributed by atoms with Gasteiger partial charge in [0.1, 0.15) is 0 Å². The third-order valence-electron chi connectivity index (χ3n) is 4.34. The second-order valence-corrected chi connectivity index (χ2v) is 6.20. The molecule has 3 N–H and O–H groups in total. The van der Waals surface area contributed by atoms with E-state index in [2.05, 4.69) is 17.1 Å². The molecule has 2 fully saturated rings. The molecule has 2 aliphatic rings. The van der Waals surface area contributed by atoms with Gasteiger partial charge in [0.25, 0.3) is 0 Å². The largest absolute Gasteiger partial charge is 0.353 e. The monoisotopic (exact) mass is 267 g/mol. The second-order valence-electron chi connectivity index (χ2n) is 6.20. The van der Waals surface area contributed by atoms with E-state index in [4.69, 9.17) is 5.73 Å². The molecule has 0 atom stereocenters. The van der Waals surface area contributed by atoms with Crippen LogP contribution in [0.4, 0.5) is 0 Å². The van der Waals surface area contributed by atoms with Crippen molar-refractivity contribution in [2.75, 3.05) is 13.1 Å². The van der Waals surface area contributed by atoms with E-state index in [0.717, 1.165) is 32.4 Å². The number of carbonyl (C=O) groups is 1. The molecule has 2 rings (SSSR count). The number of nitrogens with zero attached hydrogens (tertiary/aromatic N) is 1. The smallest absolute Gasteiger partial charge is 0.221 e. The number of nitrogens with two attached hydrogens (primary N) is 1. The van der Waals surface area contributed by atoms with Crippen LogP contribution in [0.25, 0.3) is 0 Å². The van der Waals surface area contributed by atoms with Gasteiger partial charge in [-0.15, -0.1) is 0 Å². The Balaban J connectivity index is 1.72. The molecule has 2 aliphatic carbocycles. The van der Waals surface area contributed by atoms with Crippen molar-refractivity contribution in [3.63, 3.8) is 0 Å². The normalized spacial score (nSPS) is 27.5. The summed E-state index contributed by atoms with van der Waals surface area (Å²) < 4.78 is 0. The van der Waals surface area contributed by atoms with Crippen molar-refractivity contribution >= 4 is 5.91 Å². The Morgan fingerprint density at radius 2 is 1.84 bits per heavy atom. The maximum atomic E-state index is 11.8. The standard InChI is InChI=1S/C15H29N3O/c1-2-10-18(14-7-3-12(16)4-8-14)11-9-15(19)17-13-5-6-13/h12-14H,2-11,16H2,1H3,(H,17,19). The minimum absolute atomic E-state index is 0.233. The summed E-state index contributed by atoms with van der Waals surface area (Å²) in [6.07, 6.45) is 8.83. The first-order valence-corrected chi connectivity index (χ1v) is 7.98. The van der Waals surface area contributed by atoms with Crippen molar-refractivity contribution in [1.82, 2.24) is 10.2 Å². The summed E-state index contributed by atoms with van der Waals surface area (Å²) in [4.78, 5) is 14.3. The van der Waals surface area contributed by atoms with Crippen LogP contribution < -0.4 is 11.1 Å². The van der Waals surface area contributed by atoms with Crippen LogP contribution in [0.3, 0.4) is 0 Å². The van der Waals surface area contributed by atoms with Crippen molar-refractivity contribution in [1.29, 1.82) is 0 Å². The first-order valence-electron chi connectivity index (χ1n) is 7.98. The Kier molecular flexibility index (Phi) is 5.64. The molecule has 0 saturated heterocycles. The van der Waals surface area contributed by atoms with E-state index in [0.29, 0.717) is 24.5 Å². The van der Waals surface area contributed by atoms with E-state index in [1.807, 2.05) is 0 Å². The molecule has 1 amide bonds. The summed E-state index contributed by atoms with van der Waals surface area (Å²) in [7, 11) is 0. The van der Waals surface area contributed by atoms with Crippen LogP contribution in [0.5, 0.6) is 0 Å². The Labute approximate surface area is 117 Å². The van der Waals surface area contributed by atoms with Gasteiger partial charge in [-0.1, -0.05) is 6.92 Å². The SMILES string of the molecule is CCCN(CCC(=O)NC1CC1)C1CCC(N)CC1. The number of amides is 1. The Bertz CT molecular complexity index is 283. The molecule has 0 heterocycles. The van der Waals surface area contributed by atoms with E-state index in [9.17, 15) is 4.79 Å². The van der Waals surface area contributed by atoms with Gasteiger partial charge in [-0.2, -0.15) is 0 Å². The van der Waals surface area contributed by atoms with Crippen LogP contribution in [0.2, 0.25) is 0 Å². The maximum Gasteiger partial charge on any atom is 0.221 e. The third-order valence-corrected chi connectivity index (χ3v) is 4.34. The highest BCUT2D eigenvalue weighted by molar-refractivity contribution is 5.76. The van der Waals surface area contributed by atoms with E-state index < -0.39 is 0 Å². The molecule has 0 unspecified atom stereocenters. The predicted octanol–water partition coefficient (Wildman–Crippen LogP) is 1.64. The van der Waals surface area contributed by atoms with Gasteiger partial charge >= 0.3 is 0 Å². The Morgan fingerprint density at radius 3 is 2.42 bits per heavy atom. The van der Waals surface area contributed by atoms with Crippen LogP contribution in [-0.4, -0.2) is 42.0 Å². The zero-order valence-corrected chi connectivity index (χ0v) is 12.2. The van der Waals surface area contributed by atoms with Crippen molar-refractivity contribution in [3.05, 3.63) is 0 Å². The first-order chi connectivity index (χ1) is 9.19. The number of nitrogens with one attached hydrogen (secondary N) is 1. The second kappa shape index (κ2) is 7.25. The van der Waals surface area contributed by atoms with Crippen LogP contribution in [0, 0.1) is 0 Å². The molecule has 2 saturated carbocycles. The average molecular weight is 267 g/mol. The van der Waals surface area contributed by atoms with Crippen LogP contribution in [-0.2, 0) is 4.79 Å². The zero-order chi connectivity index (χ0) is 13.7.